The van der Waals surface area contributed by atoms with Gasteiger partial charge in [-0.05, 0) is 22.3 Å². The summed E-state index contributed by atoms with van der Waals surface area (Å²) in [7, 11) is 0. The van der Waals surface area contributed by atoms with Crippen LogP contribution in [0.3, 0.4) is 0 Å². The van der Waals surface area contributed by atoms with E-state index < -0.39 is 30.6 Å². The van der Waals surface area contributed by atoms with E-state index in [2.05, 4.69) is 26.3 Å². The van der Waals surface area contributed by atoms with Crippen LogP contribution in [0.1, 0.15) is 35.9 Å². The fourth-order valence-electron chi connectivity index (χ4n) is 4.89. The Balaban J connectivity index is 1.38. The third kappa shape index (κ3) is 3.20. The second-order valence-corrected chi connectivity index (χ2v) is 8.40. The van der Waals surface area contributed by atoms with E-state index in [1.165, 1.54) is 6.33 Å². The van der Waals surface area contributed by atoms with Gasteiger partial charge >= 0.3 is 0 Å². The zero-order chi connectivity index (χ0) is 22.5. The molecule has 1 aliphatic carbocycles. The summed E-state index contributed by atoms with van der Waals surface area (Å²) in [4.78, 5) is 13.3. The van der Waals surface area contributed by atoms with Crippen LogP contribution in [0.4, 0.5) is 5.82 Å². The van der Waals surface area contributed by atoms with Crippen molar-refractivity contribution in [2.75, 3.05) is 11.9 Å². The van der Waals surface area contributed by atoms with Gasteiger partial charge in [-0.3, -0.25) is 4.57 Å². The van der Waals surface area contributed by atoms with Crippen LogP contribution in [-0.4, -0.2) is 53.7 Å². The monoisotopic (exact) mass is 445 g/mol. The number of nitrogens with zero attached hydrogens (tertiary/aromatic N) is 4. The number of anilines is 1. The van der Waals surface area contributed by atoms with Crippen LogP contribution in [0.5, 0.6) is 0 Å². The van der Waals surface area contributed by atoms with Gasteiger partial charge in [0.2, 0.25) is 0 Å². The van der Waals surface area contributed by atoms with Crippen molar-refractivity contribution in [2.45, 2.75) is 37.0 Å². The maximum Gasteiger partial charge on any atom is 0.167 e. The summed E-state index contributed by atoms with van der Waals surface area (Å²) in [6, 6.07) is 15.4. The van der Waals surface area contributed by atoms with Gasteiger partial charge in [-0.1, -0.05) is 48.5 Å². The molecule has 3 heterocycles. The van der Waals surface area contributed by atoms with Crippen LogP contribution >= 0.6 is 0 Å². The first kappa shape index (κ1) is 20.3. The van der Waals surface area contributed by atoms with Crippen molar-refractivity contribution in [3.63, 3.8) is 0 Å². The molecule has 1 saturated heterocycles. The van der Waals surface area contributed by atoms with Crippen LogP contribution in [-0.2, 0) is 4.74 Å². The fraction of sp³-hybridized carbons (Fsp3) is 0.292. The van der Waals surface area contributed by atoms with Gasteiger partial charge in [-0.2, -0.15) is 0 Å². The van der Waals surface area contributed by atoms with E-state index >= 15 is 0 Å². The molecule has 1 fully saturated rings. The minimum atomic E-state index is -0.776. The molecule has 4 N–H and O–H groups in total. The van der Waals surface area contributed by atoms with Crippen molar-refractivity contribution in [3.8, 4) is 11.1 Å². The highest BCUT2D eigenvalue weighted by Crippen LogP contribution is 2.45. The van der Waals surface area contributed by atoms with E-state index in [0.29, 0.717) is 23.4 Å². The first-order valence-electron chi connectivity index (χ1n) is 10.9. The first-order valence-corrected chi connectivity index (χ1v) is 10.9. The number of aliphatic hydroxyl groups is 3. The third-order valence-electron chi connectivity index (χ3n) is 6.53. The number of fused-ring (bicyclic) bond motifs is 4. The molecular weight excluding hydrogens is 422 g/mol. The zero-order valence-electron chi connectivity index (χ0n) is 17.6. The molecule has 9 nitrogen and oxygen atoms in total. The Morgan fingerprint density at radius 3 is 2.45 bits per heavy atom. The minimum absolute atomic E-state index is 0.257. The van der Waals surface area contributed by atoms with Crippen LogP contribution in [0.15, 0.2) is 61.2 Å². The van der Waals surface area contributed by atoms with Crippen molar-refractivity contribution in [2.24, 2.45) is 0 Å². The number of benzene rings is 2. The normalized spacial score (nSPS) is 26.2. The molecule has 5 atom stereocenters. The molecule has 6 rings (SSSR count). The van der Waals surface area contributed by atoms with E-state index in [9.17, 15) is 15.3 Å². The number of rotatable bonds is 4. The SMILES string of the molecule is OC[C@H]1O[C@@H](n2cnc3c(N[C@H]4c5ccccc5-c5ccccc5[C@H]4O)ncnc32)C[C@@H]1O. The van der Waals surface area contributed by atoms with Crippen LogP contribution < -0.4 is 5.32 Å². The molecule has 2 aromatic carbocycles. The second kappa shape index (κ2) is 7.89. The van der Waals surface area contributed by atoms with Crippen LogP contribution in [0, 0.1) is 0 Å². The molecule has 0 spiro atoms. The summed E-state index contributed by atoms with van der Waals surface area (Å²) in [5.74, 6) is 0.495. The highest BCUT2D eigenvalue weighted by atomic mass is 16.5. The first-order chi connectivity index (χ1) is 16.2. The molecule has 168 valence electrons. The van der Waals surface area contributed by atoms with Crippen molar-refractivity contribution in [1.29, 1.82) is 0 Å². The summed E-state index contributed by atoms with van der Waals surface area (Å²) in [6.45, 7) is -0.257. The molecule has 1 aliphatic heterocycles. The van der Waals surface area contributed by atoms with Crippen LogP contribution in [0.25, 0.3) is 22.3 Å². The molecule has 2 aromatic heterocycles. The summed E-state index contributed by atoms with van der Waals surface area (Å²) in [5.41, 5.74) is 4.99. The molecule has 33 heavy (non-hydrogen) atoms. The topological polar surface area (TPSA) is 126 Å². The lowest BCUT2D eigenvalue weighted by molar-refractivity contribution is -0.0432. The zero-order valence-corrected chi connectivity index (χ0v) is 17.6. The Hall–Kier alpha value is -3.37. The molecule has 0 unspecified atom stereocenters. The average molecular weight is 445 g/mol. The highest BCUT2D eigenvalue weighted by Gasteiger charge is 2.36. The number of hydrogen-bond acceptors (Lipinski definition) is 8. The van der Waals surface area contributed by atoms with Crippen molar-refractivity contribution in [1.82, 2.24) is 19.5 Å². The molecule has 0 radical (unpaired) electrons. The standard InChI is InChI=1S/C24H23N5O4/c30-10-18-17(31)9-19(33-18)29-12-27-21-23(25-11-26-24(21)29)28-20-15-7-3-1-5-13(15)14-6-2-4-8-16(14)22(20)32/h1-8,11-12,17-20,22,30-32H,9-10H2,(H,25,26,28)/t17-,18+,19+,20-,22+/m0/s1. The number of imidazole rings is 1. The minimum Gasteiger partial charge on any atom is -0.394 e. The molecule has 0 amide bonds. The Morgan fingerprint density at radius 1 is 0.970 bits per heavy atom. The maximum atomic E-state index is 11.3. The van der Waals surface area contributed by atoms with Crippen molar-refractivity contribution in [3.05, 3.63) is 72.3 Å². The Morgan fingerprint density at radius 2 is 1.70 bits per heavy atom. The molecular formula is C24H23N5O4. The van der Waals surface area contributed by atoms with Gasteiger partial charge in [0.25, 0.3) is 0 Å². The van der Waals surface area contributed by atoms with Crippen molar-refractivity contribution < 1.29 is 20.1 Å². The predicted octanol–water partition coefficient (Wildman–Crippen LogP) is 2.33. The third-order valence-corrected chi connectivity index (χ3v) is 6.53. The van der Waals surface area contributed by atoms with Gasteiger partial charge in [0.05, 0.1) is 25.1 Å². The molecule has 4 aromatic rings. The Bertz CT molecular complexity index is 1330. The number of aromatic nitrogens is 4. The summed E-state index contributed by atoms with van der Waals surface area (Å²) in [5, 5.41) is 34.2. The number of ether oxygens (including phenoxy) is 1. The lowest BCUT2D eigenvalue weighted by Gasteiger charge is -2.33. The number of nitrogens with one attached hydrogen (secondary N) is 1. The van der Waals surface area contributed by atoms with E-state index in [1.807, 2.05) is 42.5 Å². The Labute approximate surface area is 189 Å². The van der Waals surface area contributed by atoms with Crippen molar-refractivity contribution >= 4 is 17.0 Å². The molecule has 0 bridgehead atoms. The average Bonchev–Trinajstić information content (AvgIpc) is 3.45. The quantitative estimate of drug-likeness (QED) is 0.377. The predicted molar refractivity (Wildman–Crippen MR) is 120 cm³/mol. The van der Waals surface area contributed by atoms with Gasteiger partial charge in [-0.15, -0.1) is 0 Å². The molecule has 9 heteroatoms. The highest BCUT2D eigenvalue weighted by molar-refractivity contribution is 5.84. The summed E-state index contributed by atoms with van der Waals surface area (Å²) >= 11 is 0. The van der Waals surface area contributed by atoms with Gasteiger partial charge in [0.1, 0.15) is 24.8 Å². The van der Waals surface area contributed by atoms with Gasteiger partial charge in [0.15, 0.2) is 17.0 Å². The maximum absolute atomic E-state index is 11.3. The second-order valence-electron chi connectivity index (χ2n) is 8.40. The van der Waals surface area contributed by atoms with Gasteiger partial charge in [-0.25, -0.2) is 15.0 Å². The Kier molecular flexibility index (Phi) is 4.84. The van der Waals surface area contributed by atoms with Gasteiger partial charge < -0.3 is 25.4 Å². The smallest absolute Gasteiger partial charge is 0.167 e. The number of hydrogen-bond donors (Lipinski definition) is 4. The molecule has 2 aliphatic rings. The largest absolute Gasteiger partial charge is 0.394 e. The van der Waals surface area contributed by atoms with E-state index in [4.69, 9.17) is 4.74 Å². The summed E-state index contributed by atoms with van der Waals surface area (Å²) in [6.07, 6.45) is 0.704. The lowest BCUT2D eigenvalue weighted by atomic mass is 9.80. The van der Waals surface area contributed by atoms with E-state index in [-0.39, 0.29) is 6.61 Å². The fourth-order valence-corrected chi connectivity index (χ4v) is 4.89. The molecule has 0 saturated carbocycles. The van der Waals surface area contributed by atoms with Crippen LogP contribution in [0.2, 0.25) is 0 Å². The number of aliphatic hydroxyl groups excluding tert-OH is 3. The van der Waals surface area contributed by atoms with Gasteiger partial charge in [0, 0.05) is 6.42 Å². The van der Waals surface area contributed by atoms with E-state index in [0.717, 1.165) is 22.3 Å². The summed E-state index contributed by atoms with van der Waals surface area (Å²) < 4.78 is 7.51. The lowest BCUT2D eigenvalue weighted by Crippen LogP contribution is -2.24. The van der Waals surface area contributed by atoms with E-state index in [1.54, 1.807) is 10.9 Å².